The molecule has 2 aliphatic rings. The Labute approximate surface area is 158 Å². The first-order chi connectivity index (χ1) is 13.1. The van der Waals surface area contributed by atoms with Gasteiger partial charge in [0.25, 0.3) is 5.69 Å². The molecule has 0 amide bonds. The fraction of sp³-hybridized carbons (Fsp3) is 0.364. The molecule has 2 aromatic rings. The van der Waals surface area contributed by atoms with Crippen molar-refractivity contribution in [1.82, 2.24) is 0 Å². The van der Waals surface area contributed by atoms with Gasteiger partial charge < -0.3 is 0 Å². The number of Topliss-reactive ketones (excluding diaryl/α,β-unsaturated/α-hetero) is 2. The van der Waals surface area contributed by atoms with E-state index >= 15 is 0 Å². The second kappa shape index (κ2) is 8.71. The molecule has 0 saturated heterocycles. The third-order valence-corrected chi connectivity index (χ3v) is 5.15. The molecule has 0 aromatic heterocycles. The van der Waals surface area contributed by atoms with Gasteiger partial charge in [0.15, 0.2) is 11.6 Å². The van der Waals surface area contributed by atoms with Crippen LogP contribution in [0.5, 0.6) is 0 Å². The van der Waals surface area contributed by atoms with Crippen LogP contribution in [0.4, 0.5) is 5.69 Å². The van der Waals surface area contributed by atoms with Crippen LogP contribution in [0.3, 0.4) is 0 Å². The molecule has 0 aliphatic heterocycles. The number of benzene rings is 2. The Kier molecular flexibility index (Phi) is 6.12. The summed E-state index contributed by atoms with van der Waals surface area (Å²) in [6.07, 6.45) is 6.83. The standard InChI is InChI=1S/C11H11NO3.C11H12O/c13-11-7-2-1-4-8-9(11)5-3-6-10(8)12(14)15;12-11-8-4-2-6-9-5-1-3-7-10(9)11/h3,5-6H,1-2,4,7H2;1,3,5,7H,2,4,6,8H2. The van der Waals surface area contributed by atoms with E-state index in [9.17, 15) is 19.7 Å². The molecule has 0 unspecified atom stereocenters. The minimum atomic E-state index is -0.405. The van der Waals surface area contributed by atoms with E-state index in [4.69, 9.17) is 0 Å². The lowest BCUT2D eigenvalue weighted by Crippen LogP contribution is -2.03. The molecule has 0 heterocycles. The lowest BCUT2D eigenvalue weighted by molar-refractivity contribution is -0.385. The molecule has 0 bridgehead atoms. The number of hydrogen-bond donors (Lipinski definition) is 0. The average Bonchev–Trinajstić information content (AvgIpc) is 2.98. The minimum absolute atomic E-state index is 0.0335. The van der Waals surface area contributed by atoms with E-state index in [-0.39, 0.29) is 11.5 Å². The second-order valence-electron chi connectivity index (χ2n) is 6.98. The summed E-state index contributed by atoms with van der Waals surface area (Å²) in [6.45, 7) is 0. The van der Waals surface area contributed by atoms with E-state index in [2.05, 4.69) is 6.07 Å². The molecule has 0 fully saturated rings. The molecular formula is C22H23NO4. The van der Waals surface area contributed by atoms with Crippen molar-refractivity contribution in [3.8, 4) is 0 Å². The largest absolute Gasteiger partial charge is 0.294 e. The van der Waals surface area contributed by atoms with Crippen LogP contribution >= 0.6 is 0 Å². The maximum absolute atomic E-state index is 11.7. The van der Waals surface area contributed by atoms with Crippen molar-refractivity contribution in [2.24, 2.45) is 0 Å². The number of nitro groups is 1. The van der Waals surface area contributed by atoms with Crippen molar-refractivity contribution in [3.63, 3.8) is 0 Å². The van der Waals surface area contributed by atoms with E-state index < -0.39 is 4.92 Å². The fourth-order valence-corrected chi connectivity index (χ4v) is 3.74. The third-order valence-electron chi connectivity index (χ3n) is 5.15. The zero-order chi connectivity index (χ0) is 19.2. The smallest absolute Gasteiger partial charge is 0.273 e. The van der Waals surface area contributed by atoms with Crippen LogP contribution in [0.25, 0.3) is 0 Å². The average molecular weight is 365 g/mol. The summed E-state index contributed by atoms with van der Waals surface area (Å²) < 4.78 is 0. The molecule has 4 rings (SSSR count). The summed E-state index contributed by atoms with van der Waals surface area (Å²) in [6, 6.07) is 12.7. The van der Waals surface area contributed by atoms with Crippen molar-refractivity contribution in [3.05, 3.63) is 74.8 Å². The summed E-state index contributed by atoms with van der Waals surface area (Å²) in [5.74, 6) is 0.356. The van der Waals surface area contributed by atoms with Crippen LogP contribution in [0.1, 0.15) is 70.4 Å². The maximum Gasteiger partial charge on any atom is 0.273 e. The highest BCUT2D eigenvalue weighted by atomic mass is 16.6. The van der Waals surface area contributed by atoms with Gasteiger partial charge in [0.05, 0.1) is 4.92 Å². The SMILES string of the molecule is O=C1CCCCc2c1cccc2[N+](=O)[O-].O=C1CCCCc2ccccc21. The van der Waals surface area contributed by atoms with Crippen LogP contribution in [-0.2, 0) is 12.8 Å². The molecular weight excluding hydrogens is 342 g/mol. The van der Waals surface area contributed by atoms with Gasteiger partial charge in [-0.15, -0.1) is 0 Å². The minimum Gasteiger partial charge on any atom is -0.294 e. The molecule has 27 heavy (non-hydrogen) atoms. The van der Waals surface area contributed by atoms with E-state index in [1.165, 1.54) is 11.6 Å². The van der Waals surface area contributed by atoms with Crippen LogP contribution in [-0.4, -0.2) is 16.5 Å². The van der Waals surface area contributed by atoms with Gasteiger partial charge in [-0.2, -0.15) is 0 Å². The molecule has 0 saturated carbocycles. The van der Waals surface area contributed by atoms with Crippen molar-refractivity contribution in [2.75, 3.05) is 0 Å². The Morgan fingerprint density at radius 1 is 0.704 bits per heavy atom. The number of rotatable bonds is 1. The van der Waals surface area contributed by atoms with E-state index in [0.29, 0.717) is 29.8 Å². The second-order valence-corrected chi connectivity index (χ2v) is 6.98. The van der Waals surface area contributed by atoms with E-state index in [0.717, 1.165) is 44.1 Å². The number of nitro benzene ring substituents is 1. The van der Waals surface area contributed by atoms with Gasteiger partial charge in [-0.25, -0.2) is 0 Å². The predicted octanol–water partition coefficient (Wildman–Crippen LogP) is 5.10. The lowest BCUT2D eigenvalue weighted by atomic mass is 10.0. The van der Waals surface area contributed by atoms with Crippen molar-refractivity contribution in [1.29, 1.82) is 0 Å². The van der Waals surface area contributed by atoms with Crippen molar-refractivity contribution in [2.45, 2.75) is 51.4 Å². The van der Waals surface area contributed by atoms with Crippen LogP contribution in [0, 0.1) is 10.1 Å². The monoisotopic (exact) mass is 365 g/mol. The van der Waals surface area contributed by atoms with E-state index in [1.54, 1.807) is 12.1 Å². The molecule has 0 N–H and O–H groups in total. The molecule has 0 radical (unpaired) electrons. The molecule has 5 nitrogen and oxygen atoms in total. The fourth-order valence-electron chi connectivity index (χ4n) is 3.74. The molecule has 5 heteroatoms. The van der Waals surface area contributed by atoms with Crippen molar-refractivity contribution < 1.29 is 14.5 Å². The van der Waals surface area contributed by atoms with Gasteiger partial charge in [0.1, 0.15) is 0 Å². The molecule has 2 aliphatic carbocycles. The van der Waals surface area contributed by atoms with Gasteiger partial charge >= 0.3 is 0 Å². The zero-order valence-corrected chi connectivity index (χ0v) is 15.3. The highest BCUT2D eigenvalue weighted by Crippen LogP contribution is 2.28. The van der Waals surface area contributed by atoms with Crippen LogP contribution in [0.15, 0.2) is 42.5 Å². The maximum atomic E-state index is 11.7. The first kappa shape index (κ1) is 19.0. The predicted molar refractivity (Wildman–Crippen MR) is 103 cm³/mol. The third kappa shape index (κ3) is 4.48. The summed E-state index contributed by atoms with van der Waals surface area (Å²) in [5.41, 5.74) is 3.43. The molecule has 140 valence electrons. The van der Waals surface area contributed by atoms with Gasteiger partial charge in [-0.05, 0) is 44.1 Å². The van der Waals surface area contributed by atoms with Gasteiger partial charge in [-0.1, -0.05) is 36.4 Å². The Morgan fingerprint density at radius 2 is 1.30 bits per heavy atom. The van der Waals surface area contributed by atoms with Gasteiger partial charge in [0.2, 0.25) is 0 Å². The number of carbonyl (C=O) groups excluding carboxylic acids is 2. The Bertz CT molecular complexity index is 872. The molecule has 2 aromatic carbocycles. The quantitative estimate of drug-likeness (QED) is 0.400. The summed E-state index contributed by atoms with van der Waals surface area (Å²) >= 11 is 0. The number of ketones is 2. The normalized spacial score (nSPS) is 16.1. The number of hydrogen-bond acceptors (Lipinski definition) is 4. The molecule has 0 atom stereocenters. The Morgan fingerprint density at radius 3 is 2.04 bits per heavy atom. The number of aryl methyl sites for hydroxylation is 1. The first-order valence-electron chi connectivity index (χ1n) is 9.48. The van der Waals surface area contributed by atoms with E-state index in [1.807, 2.05) is 18.2 Å². The number of nitrogens with zero attached hydrogens (tertiary/aromatic N) is 1. The lowest BCUT2D eigenvalue weighted by Gasteiger charge is -2.04. The van der Waals surface area contributed by atoms with Crippen LogP contribution in [0.2, 0.25) is 0 Å². The topological polar surface area (TPSA) is 77.3 Å². The highest BCUT2D eigenvalue weighted by molar-refractivity contribution is 5.99. The summed E-state index contributed by atoms with van der Waals surface area (Å²) in [5, 5.41) is 10.8. The number of carbonyl (C=O) groups is 2. The highest BCUT2D eigenvalue weighted by Gasteiger charge is 2.23. The number of fused-ring (bicyclic) bond motifs is 2. The zero-order valence-electron chi connectivity index (χ0n) is 15.3. The Balaban J connectivity index is 0.000000159. The molecule has 0 spiro atoms. The first-order valence-corrected chi connectivity index (χ1v) is 9.48. The summed E-state index contributed by atoms with van der Waals surface area (Å²) in [7, 11) is 0. The van der Waals surface area contributed by atoms with Gasteiger partial charge in [-0.3, -0.25) is 19.7 Å². The van der Waals surface area contributed by atoms with Gasteiger partial charge in [0, 0.05) is 35.6 Å². The Hall–Kier alpha value is -2.82. The van der Waals surface area contributed by atoms with Crippen LogP contribution < -0.4 is 0 Å². The summed E-state index contributed by atoms with van der Waals surface area (Å²) in [4.78, 5) is 33.5. The van der Waals surface area contributed by atoms with Crippen molar-refractivity contribution >= 4 is 17.3 Å².